The van der Waals surface area contributed by atoms with E-state index in [-0.39, 0.29) is 11.5 Å². The number of phenols is 2. The molecule has 4 heteroatoms. The van der Waals surface area contributed by atoms with Gasteiger partial charge in [0.1, 0.15) is 5.71 Å². The average molecular weight is 229 g/mol. The van der Waals surface area contributed by atoms with Crippen LogP contribution in [0.1, 0.15) is 16.9 Å². The minimum atomic E-state index is -0.134. The fraction of sp³-hybridized carbons (Fsp3) is 0.154. The van der Waals surface area contributed by atoms with Crippen molar-refractivity contribution in [1.29, 1.82) is 0 Å². The maximum Gasteiger partial charge on any atom is 0.158 e. The highest BCUT2D eigenvalue weighted by atomic mass is 16.3. The smallest absolute Gasteiger partial charge is 0.158 e. The van der Waals surface area contributed by atoms with Crippen molar-refractivity contribution in [3.8, 4) is 11.5 Å². The van der Waals surface area contributed by atoms with Crippen molar-refractivity contribution in [1.82, 2.24) is 0 Å². The monoisotopic (exact) mass is 229 g/mol. The molecular formula is C13H11NO3. The molecule has 3 rings (SSSR count). The van der Waals surface area contributed by atoms with E-state index in [0.717, 1.165) is 23.3 Å². The zero-order chi connectivity index (χ0) is 11.8. The zero-order valence-electron chi connectivity index (χ0n) is 9.05. The maximum atomic E-state index is 9.55. The first kappa shape index (κ1) is 9.96. The first-order valence-corrected chi connectivity index (χ1v) is 5.39. The van der Waals surface area contributed by atoms with E-state index in [1.165, 1.54) is 6.07 Å². The predicted octanol–water partition coefficient (Wildman–Crippen LogP) is 2.08. The van der Waals surface area contributed by atoms with E-state index < -0.39 is 0 Å². The van der Waals surface area contributed by atoms with Gasteiger partial charge in [-0.15, -0.1) is 0 Å². The molecule has 0 atom stereocenters. The van der Waals surface area contributed by atoms with Crippen LogP contribution < -0.4 is 0 Å². The second-order valence-corrected chi connectivity index (χ2v) is 3.96. The van der Waals surface area contributed by atoms with Crippen LogP contribution in [0.2, 0.25) is 0 Å². The van der Waals surface area contributed by atoms with Crippen LogP contribution in [0, 0.1) is 0 Å². The van der Waals surface area contributed by atoms with Gasteiger partial charge in [-0.25, -0.2) is 0 Å². The van der Waals surface area contributed by atoms with E-state index in [1.54, 1.807) is 18.4 Å². The molecule has 0 saturated carbocycles. The van der Waals surface area contributed by atoms with Crippen molar-refractivity contribution < 1.29 is 14.6 Å². The second-order valence-electron chi connectivity index (χ2n) is 3.96. The molecule has 1 aromatic carbocycles. The molecule has 2 N–H and O–H groups in total. The Morgan fingerprint density at radius 1 is 1.18 bits per heavy atom. The molecule has 0 amide bonds. The molecule has 4 nitrogen and oxygen atoms in total. The van der Waals surface area contributed by atoms with Gasteiger partial charge < -0.3 is 14.6 Å². The summed E-state index contributed by atoms with van der Waals surface area (Å²) in [5.41, 5.74) is 2.52. The molecule has 0 spiro atoms. The molecule has 0 bridgehead atoms. The highest BCUT2D eigenvalue weighted by Crippen LogP contribution is 2.31. The Labute approximate surface area is 97.9 Å². The summed E-state index contributed by atoms with van der Waals surface area (Å²) in [5, 5.41) is 19.0. The SMILES string of the molecule is Oc1cc2c(cc1O)C(c1ccco1)=NCC2. The number of phenolic OH excluding ortho intramolecular Hbond substituents is 2. The van der Waals surface area contributed by atoms with Gasteiger partial charge in [-0.2, -0.15) is 0 Å². The summed E-state index contributed by atoms with van der Waals surface area (Å²) in [4.78, 5) is 4.41. The van der Waals surface area contributed by atoms with Gasteiger partial charge in [0.2, 0.25) is 0 Å². The van der Waals surface area contributed by atoms with E-state index in [4.69, 9.17) is 4.42 Å². The molecule has 1 aliphatic heterocycles. The summed E-state index contributed by atoms with van der Waals surface area (Å²) in [6, 6.07) is 6.75. The van der Waals surface area contributed by atoms with Crippen LogP contribution in [0.25, 0.3) is 0 Å². The van der Waals surface area contributed by atoms with Crippen LogP contribution in [0.15, 0.2) is 39.9 Å². The van der Waals surface area contributed by atoms with Gasteiger partial charge >= 0.3 is 0 Å². The molecule has 0 fully saturated rings. The van der Waals surface area contributed by atoms with Gasteiger partial charge in [-0.05, 0) is 36.2 Å². The standard InChI is InChI=1S/C13H11NO3/c15-10-6-8-3-4-14-13(9(8)7-11(10)16)12-2-1-5-17-12/h1-2,5-7,15-16H,3-4H2. The number of rotatable bonds is 1. The lowest BCUT2D eigenvalue weighted by Gasteiger charge is -2.16. The van der Waals surface area contributed by atoms with Crippen molar-refractivity contribution >= 4 is 5.71 Å². The Kier molecular flexibility index (Phi) is 2.14. The van der Waals surface area contributed by atoms with Crippen LogP contribution in [-0.4, -0.2) is 22.5 Å². The Balaban J connectivity index is 2.17. The van der Waals surface area contributed by atoms with Crippen LogP contribution in [0.5, 0.6) is 11.5 Å². The Morgan fingerprint density at radius 3 is 2.76 bits per heavy atom. The van der Waals surface area contributed by atoms with Gasteiger partial charge in [0.05, 0.1) is 6.26 Å². The highest BCUT2D eigenvalue weighted by molar-refractivity contribution is 6.12. The van der Waals surface area contributed by atoms with Gasteiger partial charge in [0.15, 0.2) is 17.3 Å². The molecule has 0 radical (unpaired) electrons. The average Bonchev–Trinajstić information content (AvgIpc) is 2.83. The molecule has 86 valence electrons. The lowest BCUT2D eigenvalue weighted by atomic mass is 9.95. The molecular weight excluding hydrogens is 218 g/mol. The lowest BCUT2D eigenvalue weighted by molar-refractivity contribution is 0.403. The largest absolute Gasteiger partial charge is 0.504 e. The summed E-state index contributed by atoms with van der Waals surface area (Å²) in [6.45, 7) is 0.660. The van der Waals surface area contributed by atoms with Crippen LogP contribution in [0.4, 0.5) is 0 Å². The van der Waals surface area contributed by atoms with Crippen LogP contribution >= 0.6 is 0 Å². The summed E-state index contributed by atoms with van der Waals surface area (Å²) in [6.07, 6.45) is 2.35. The van der Waals surface area contributed by atoms with Crippen LogP contribution in [-0.2, 0) is 6.42 Å². The summed E-state index contributed by atoms with van der Waals surface area (Å²) >= 11 is 0. The maximum absolute atomic E-state index is 9.55. The molecule has 0 unspecified atom stereocenters. The highest BCUT2D eigenvalue weighted by Gasteiger charge is 2.19. The minimum absolute atomic E-state index is 0.0931. The molecule has 1 aliphatic rings. The number of nitrogens with zero attached hydrogens (tertiary/aromatic N) is 1. The Morgan fingerprint density at radius 2 is 2.00 bits per heavy atom. The number of fused-ring (bicyclic) bond motifs is 1. The summed E-state index contributed by atoms with van der Waals surface area (Å²) in [5.74, 6) is 0.449. The Bertz CT molecular complexity index is 585. The summed E-state index contributed by atoms with van der Waals surface area (Å²) in [7, 11) is 0. The van der Waals surface area contributed by atoms with E-state index in [2.05, 4.69) is 4.99 Å². The van der Waals surface area contributed by atoms with Crippen molar-refractivity contribution in [3.05, 3.63) is 47.4 Å². The first-order valence-electron chi connectivity index (χ1n) is 5.39. The van der Waals surface area contributed by atoms with Gasteiger partial charge in [0, 0.05) is 12.1 Å². The Hall–Kier alpha value is -2.23. The molecule has 2 aromatic rings. The van der Waals surface area contributed by atoms with Crippen molar-refractivity contribution in [2.24, 2.45) is 4.99 Å². The van der Waals surface area contributed by atoms with Crippen molar-refractivity contribution in [2.45, 2.75) is 6.42 Å². The topological polar surface area (TPSA) is 66.0 Å². The van der Waals surface area contributed by atoms with Crippen LogP contribution in [0.3, 0.4) is 0 Å². The number of hydrogen-bond donors (Lipinski definition) is 2. The lowest BCUT2D eigenvalue weighted by Crippen LogP contribution is -2.13. The fourth-order valence-corrected chi connectivity index (χ4v) is 2.04. The first-order chi connectivity index (χ1) is 8.25. The number of benzene rings is 1. The molecule has 2 heterocycles. The minimum Gasteiger partial charge on any atom is -0.504 e. The third-order valence-electron chi connectivity index (χ3n) is 2.86. The fourth-order valence-electron chi connectivity index (χ4n) is 2.04. The van der Waals surface area contributed by atoms with Gasteiger partial charge in [0.25, 0.3) is 0 Å². The third kappa shape index (κ3) is 1.58. The number of aromatic hydroxyl groups is 2. The van der Waals surface area contributed by atoms with Gasteiger partial charge in [-0.1, -0.05) is 0 Å². The van der Waals surface area contributed by atoms with Crippen molar-refractivity contribution in [2.75, 3.05) is 6.54 Å². The molecule has 0 saturated heterocycles. The quantitative estimate of drug-likeness (QED) is 0.736. The normalized spacial score (nSPS) is 14.2. The molecule has 0 aliphatic carbocycles. The molecule has 17 heavy (non-hydrogen) atoms. The van der Waals surface area contributed by atoms with E-state index in [9.17, 15) is 10.2 Å². The van der Waals surface area contributed by atoms with E-state index >= 15 is 0 Å². The molecule has 1 aromatic heterocycles. The van der Waals surface area contributed by atoms with Gasteiger partial charge in [-0.3, -0.25) is 4.99 Å². The number of hydrogen-bond acceptors (Lipinski definition) is 4. The number of furan rings is 1. The predicted molar refractivity (Wildman–Crippen MR) is 62.7 cm³/mol. The zero-order valence-corrected chi connectivity index (χ0v) is 9.05. The van der Waals surface area contributed by atoms with E-state index in [0.29, 0.717) is 12.3 Å². The third-order valence-corrected chi connectivity index (χ3v) is 2.86. The summed E-state index contributed by atoms with van der Waals surface area (Å²) < 4.78 is 5.33. The van der Waals surface area contributed by atoms with Crippen molar-refractivity contribution in [3.63, 3.8) is 0 Å². The van der Waals surface area contributed by atoms with E-state index in [1.807, 2.05) is 6.07 Å². The number of aliphatic imine (C=N–C) groups is 1. The second kappa shape index (κ2) is 3.66.